The molecule has 1 saturated heterocycles. The third-order valence-corrected chi connectivity index (χ3v) is 4.61. The first-order chi connectivity index (χ1) is 13.1. The number of aliphatic hydroxyl groups is 1. The lowest BCUT2D eigenvalue weighted by atomic mass is 10.1. The van der Waals surface area contributed by atoms with Crippen molar-refractivity contribution in [3.63, 3.8) is 0 Å². The Morgan fingerprint density at radius 3 is 2.78 bits per heavy atom. The van der Waals surface area contributed by atoms with Crippen molar-refractivity contribution in [1.82, 2.24) is 9.88 Å². The SMILES string of the molecule is CC(C)c1ncccc1OC1CCN(C(=O)COc2ccc(CO)cc2)C1. The summed E-state index contributed by atoms with van der Waals surface area (Å²) in [5.74, 6) is 1.64. The molecule has 2 aromatic rings. The summed E-state index contributed by atoms with van der Waals surface area (Å²) in [5.41, 5.74) is 1.75. The minimum Gasteiger partial charge on any atom is -0.487 e. The zero-order valence-corrected chi connectivity index (χ0v) is 15.8. The predicted octanol–water partition coefficient (Wildman–Crippen LogP) is 2.76. The van der Waals surface area contributed by atoms with Crippen LogP contribution in [0.2, 0.25) is 0 Å². The van der Waals surface area contributed by atoms with Crippen LogP contribution < -0.4 is 9.47 Å². The summed E-state index contributed by atoms with van der Waals surface area (Å²) < 4.78 is 11.7. The van der Waals surface area contributed by atoms with Gasteiger partial charge >= 0.3 is 0 Å². The molecule has 1 aromatic carbocycles. The lowest BCUT2D eigenvalue weighted by Gasteiger charge is -2.19. The van der Waals surface area contributed by atoms with Crippen molar-refractivity contribution in [3.8, 4) is 11.5 Å². The smallest absolute Gasteiger partial charge is 0.260 e. The van der Waals surface area contributed by atoms with Gasteiger partial charge in [0, 0.05) is 19.2 Å². The van der Waals surface area contributed by atoms with Crippen molar-refractivity contribution >= 4 is 5.91 Å². The first-order valence-corrected chi connectivity index (χ1v) is 9.28. The van der Waals surface area contributed by atoms with Gasteiger partial charge in [-0.05, 0) is 35.7 Å². The van der Waals surface area contributed by atoms with Crippen LogP contribution in [0.15, 0.2) is 42.6 Å². The highest BCUT2D eigenvalue weighted by Crippen LogP contribution is 2.26. The van der Waals surface area contributed by atoms with Crippen LogP contribution in [0.25, 0.3) is 0 Å². The second kappa shape index (κ2) is 8.86. The van der Waals surface area contributed by atoms with Gasteiger partial charge in [-0.25, -0.2) is 0 Å². The maximum atomic E-state index is 12.4. The Balaban J connectivity index is 1.50. The number of ether oxygens (including phenoxy) is 2. The van der Waals surface area contributed by atoms with Crippen LogP contribution in [-0.4, -0.2) is 46.7 Å². The van der Waals surface area contributed by atoms with Gasteiger partial charge in [-0.2, -0.15) is 0 Å². The van der Waals surface area contributed by atoms with E-state index in [0.29, 0.717) is 18.8 Å². The Hall–Kier alpha value is -2.60. The van der Waals surface area contributed by atoms with Gasteiger partial charge in [-0.1, -0.05) is 26.0 Å². The maximum absolute atomic E-state index is 12.4. The number of amides is 1. The van der Waals surface area contributed by atoms with Crippen LogP contribution in [0.4, 0.5) is 0 Å². The number of rotatable bonds is 7. The van der Waals surface area contributed by atoms with E-state index in [2.05, 4.69) is 18.8 Å². The zero-order valence-electron chi connectivity index (χ0n) is 15.8. The van der Waals surface area contributed by atoms with Crippen LogP contribution in [0, 0.1) is 0 Å². The second-order valence-corrected chi connectivity index (χ2v) is 7.00. The summed E-state index contributed by atoms with van der Waals surface area (Å²) in [4.78, 5) is 18.6. The number of benzene rings is 1. The van der Waals surface area contributed by atoms with Crippen molar-refractivity contribution in [1.29, 1.82) is 0 Å². The molecule has 144 valence electrons. The zero-order chi connectivity index (χ0) is 19.2. The fourth-order valence-corrected chi connectivity index (χ4v) is 3.09. The molecule has 1 aliphatic rings. The number of aromatic nitrogens is 1. The van der Waals surface area contributed by atoms with Crippen molar-refractivity contribution < 1.29 is 19.4 Å². The van der Waals surface area contributed by atoms with Gasteiger partial charge in [0.1, 0.15) is 17.6 Å². The number of hydrogen-bond donors (Lipinski definition) is 1. The summed E-state index contributed by atoms with van der Waals surface area (Å²) >= 11 is 0. The number of aliphatic hydroxyl groups excluding tert-OH is 1. The van der Waals surface area contributed by atoms with Crippen molar-refractivity contribution in [2.24, 2.45) is 0 Å². The summed E-state index contributed by atoms with van der Waals surface area (Å²) in [5, 5.41) is 9.05. The van der Waals surface area contributed by atoms with Crippen LogP contribution in [0.5, 0.6) is 11.5 Å². The third kappa shape index (κ3) is 4.98. The highest BCUT2D eigenvalue weighted by Gasteiger charge is 2.28. The summed E-state index contributed by atoms with van der Waals surface area (Å²) in [7, 11) is 0. The van der Waals surface area contributed by atoms with Crippen molar-refractivity contribution in [2.75, 3.05) is 19.7 Å². The van der Waals surface area contributed by atoms with Gasteiger partial charge in [0.25, 0.3) is 5.91 Å². The minimum atomic E-state index is -0.0531. The molecule has 0 spiro atoms. The minimum absolute atomic E-state index is 0.00463. The highest BCUT2D eigenvalue weighted by molar-refractivity contribution is 5.78. The predicted molar refractivity (Wildman–Crippen MR) is 102 cm³/mol. The maximum Gasteiger partial charge on any atom is 0.260 e. The van der Waals surface area contributed by atoms with Gasteiger partial charge in [-0.3, -0.25) is 9.78 Å². The van der Waals surface area contributed by atoms with E-state index in [1.54, 1.807) is 35.4 Å². The molecule has 1 atom stereocenters. The lowest BCUT2D eigenvalue weighted by molar-refractivity contribution is -0.132. The van der Waals surface area contributed by atoms with Gasteiger partial charge in [-0.15, -0.1) is 0 Å². The molecule has 1 fully saturated rings. The molecule has 0 saturated carbocycles. The summed E-state index contributed by atoms with van der Waals surface area (Å²) in [6.07, 6.45) is 2.54. The Kier molecular flexibility index (Phi) is 6.29. The Labute approximate surface area is 159 Å². The molecule has 1 aliphatic heterocycles. The first kappa shape index (κ1) is 19.2. The van der Waals surface area contributed by atoms with E-state index in [4.69, 9.17) is 14.6 Å². The largest absolute Gasteiger partial charge is 0.487 e. The molecule has 2 heterocycles. The fourth-order valence-electron chi connectivity index (χ4n) is 3.09. The first-order valence-electron chi connectivity index (χ1n) is 9.28. The average molecular weight is 370 g/mol. The number of carbonyl (C=O) groups is 1. The van der Waals surface area contributed by atoms with E-state index in [9.17, 15) is 4.79 Å². The Morgan fingerprint density at radius 2 is 2.07 bits per heavy atom. The van der Waals surface area contributed by atoms with E-state index in [1.807, 2.05) is 12.1 Å². The molecule has 6 heteroatoms. The van der Waals surface area contributed by atoms with Crippen molar-refractivity contribution in [2.45, 2.75) is 38.9 Å². The van der Waals surface area contributed by atoms with Gasteiger partial charge in [0.2, 0.25) is 0 Å². The molecule has 0 bridgehead atoms. The Bertz CT molecular complexity index is 761. The van der Waals surface area contributed by atoms with Gasteiger partial charge < -0.3 is 19.5 Å². The highest BCUT2D eigenvalue weighted by atomic mass is 16.5. The van der Waals surface area contributed by atoms with E-state index < -0.39 is 0 Å². The molecule has 3 rings (SSSR count). The molecular weight excluding hydrogens is 344 g/mol. The third-order valence-electron chi connectivity index (χ3n) is 4.61. The fraction of sp³-hybridized carbons (Fsp3) is 0.429. The number of hydrogen-bond acceptors (Lipinski definition) is 5. The topological polar surface area (TPSA) is 71.9 Å². The van der Waals surface area contributed by atoms with Gasteiger partial charge in [0.15, 0.2) is 6.61 Å². The monoisotopic (exact) mass is 370 g/mol. The van der Waals surface area contributed by atoms with E-state index >= 15 is 0 Å². The molecule has 1 aromatic heterocycles. The van der Waals surface area contributed by atoms with Crippen LogP contribution in [0.3, 0.4) is 0 Å². The average Bonchev–Trinajstić information content (AvgIpc) is 3.15. The van der Waals surface area contributed by atoms with E-state index in [0.717, 1.165) is 23.4 Å². The molecule has 0 radical (unpaired) electrons. The summed E-state index contributed by atoms with van der Waals surface area (Å²) in [6, 6.07) is 10.9. The number of likely N-dealkylation sites (tertiary alicyclic amines) is 1. The van der Waals surface area contributed by atoms with Crippen LogP contribution in [0.1, 0.15) is 37.4 Å². The molecular formula is C21H26N2O4. The molecule has 1 unspecified atom stereocenters. The Morgan fingerprint density at radius 1 is 1.30 bits per heavy atom. The van der Waals surface area contributed by atoms with Crippen molar-refractivity contribution in [3.05, 3.63) is 53.9 Å². The molecule has 1 amide bonds. The number of nitrogens with zero attached hydrogens (tertiary/aromatic N) is 2. The number of pyridine rings is 1. The van der Waals surface area contributed by atoms with E-state index in [1.165, 1.54) is 0 Å². The molecule has 0 aliphatic carbocycles. The van der Waals surface area contributed by atoms with Crippen LogP contribution >= 0.6 is 0 Å². The van der Waals surface area contributed by atoms with Crippen LogP contribution in [-0.2, 0) is 11.4 Å². The van der Waals surface area contributed by atoms with E-state index in [-0.39, 0.29) is 31.1 Å². The normalized spacial score (nSPS) is 16.6. The lowest BCUT2D eigenvalue weighted by Crippen LogP contribution is -2.34. The standard InChI is InChI=1S/C21H26N2O4/c1-15(2)21-19(4-3-10-22-21)27-18-9-11-23(12-18)20(25)14-26-17-7-5-16(13-24)6-8-17/h3-8,10,15,18,24H,9,11-14H2,1-2H3. The molecule has 27 heavy (non-hydrogen) atoms. The second-order valence-electron chi connectivity index (χ2n) is 7.00. The van der Waals surface area contributed by atoms with Gasteiger partial charge in [0.05, 0.1) is 18.8 Å². The molecule has 1 N–H and O–H groups in total. The number of carbonyl (C=O) groups excluding carboxylic acids is 1. The summed E-state index contributed by atoms with van der Waals surface area (Å²) in [6.45, 7) is 5.37. The quantitative estimate of drug-likeness (QED) is 0.811. The molecule has 6 nitrogen and oxygen atoms in total.